The molecule has 4 heteroatoms. The average Bonchev–Trinajstić information content (AvgIpc) is 2.83. The zero-order valence-corrected chi connectivity index (χ0v) is 13.1. The molecule has 0 radical (unpaired) electrons. The number of ether oxygens (including phenoxy) is 1. The third-order valence-corrected chi connectivity index (χ3v) is 4.98. The van der Waals surface area contributed by atoms with Crippen molar-refractivity contribution in [1.82, 2.24) is 5.32 Å². The minimum atomic E-state index is -0.546. The molecule has 0 aromatic heterocycles. The lowest BCUT2D eigenvalue weighted by molar-refractivity contribution is -0.131. The fourth-order valence-corrected chi connectivity index (χ4v) is 3.68. The Kier molecular flexibility index (Phi) is 4.79. The number of carbonyl (C=O) groups excluding carboxylic acids is 1. The largest absolute Gasteiger partial charge is 0.390 e. The van der Waals surface area contributed by atoms with Crippen molar-refractivity contribution in [2.75, 3.05) is 6.61 Å². The number of benzene rings is 1. The van der Waals surface area contributed by atoms with Crippen LogP contribution in [0, 0.1) is 5.92 Å². The topological polar surface area (TPSA) is 58.6 Å². The van der Waals surface area contributed by atoms with Crippen LogP contribution in [0.4, 0.5) is 0 Å². The summed E-state index contributed by atoms with van der Waals surface area (Å²) in [6, 6.07) is 7.57. The molecule has 1 saturated carbocycles. The Morgan fingerprint density at radius 2 is 2.09 bits per heavy atom. The number of fused-ring (bicyclic) bond motifs is 1. The lowest BCUT2D eigenvalue weighted by Gasteiger charge is -2.28. The standard InChI is InChI=1S/C18H25NO3/c1-12-6-2-5-9-16(12)22-11-17(21)19-18-14-8-4-3-7-13(14)10-15(18)20/h3-4,7-8,12,15-16,18,20H,2,5-6,9-11H2,1H3,(H,19,21). The summed E-state index contributed by atoms with van der Waals surface area (Å²) < 4.78 is 5.80. The van der Waals surface area contributed by atoms with E-state index < -0.39 is 6.10 Å². The summed E-state index contributed by atoms with van der Waals surface area (Å²) in [4.78, 5) is 12.2. The quantitative estimate of drug-likeness (QED) is 0.897. The second kappa shape index (κ2) is 6.80. The molecule has 0 aliphatic heterocycles. The SMILES string of the molecule is CC1CCCCC1OCC(=O)NC1c2ccccc2CC1O. The van der Waals surface area contributed by atoms with Crippen LogP contribution in [0.25, 0.3) is 0 Å². The van der Waals surface area contributed by atoms with Crippen LogP contribution in [-0.2, 0) is 16.0 Å². The molecule has 0 heterocycles. The Balaban J connectivity index is 1.54. The van der Waals surface area contributed by atoms with Gasteiger partial charge in [0.15, 0.2) is 0 Å². The van der Waals surface area contributed by atoms with Gasteiger partial charge < -0.3 is 15.2 Å². The summed E-state index contributed by atoms with van der Waals surface area (Å²) in [5.41, 5.74) is 2.14. The van der Waals surface area contributed by atoms with Gasteiger partial charge in [-0.1, -0.05) is 44.0 Å². The van der Waals surface area contributed by atoms with E-state index >= 15 is 0 Å². The maximum absolute atomic E-state index is 12.2. The van der Waals surface area contributed by atoms with Crippen LogP contribution in [0.1, 0.15) is 49.8 Å². The molecular formula is C18H25NO3. The molecule has 0 saturated heterocycles. The molecule has 2 aliphatic carbocycles. The summed E-state index contributed by atoms with van der Waals surface area (Å²) in [7, 11) is 0. The molecule has 1 aromatic rings. The number of aliphatic hydroxyl groups is 1. The Morgan fingerprint density at radius 1 is 1.32 bits per heavy atom. The van der Waals surface area contributed by atoms with Gasteiger partial charge in [0.2, 0.25) is 5.91 Å². The van der Waals surface area contributed by atoms with Crippen molar-refractivity contribution in [3.63, 3.8) is 0 Å². The average molecular weight is 303 g/mol. The molecule has 4 unspecified atom stereocenters. The van der Waals surface area contributed by atoms with E-state index in [0.29, 0.717) is 12.3 Å². The van der Waals surface area contributed by atoms with E-state index in [1.54, 1.807) is 0 Å². The summed E-state index contributed by atoms with van der Waals surface area (Å²) in [6.07, 6.45) is 4.92. The van der Waals surface area contributed by atoms with Gasteiger partial charge in [0.1, 0.15) is 6.61 Å². The first kappa shape index (κ1) is 15.5. The molecule has 4 atom stereocenters. The Bertz CT molecular complexity index is 531. The molecule has 1 fully saturated rings. The number of amides is 1. The van der Waals surface area contributed by atoms with Gasteiger partial charge in [0, 0.05) is 6.42 Å². The Labute approximate surface area is 131 Å². The molecule has 22 heavy (non-hydrogen) atoms. The van der Waals surface area contributed by atoms with Crippen molar-refractivity contribution in [3.05, 3.63) is 35.4 Å². The highest BCUT2D eigenvalue weighted by molar-refractivity contribution is 5.78. The molecular weight excluding hydrogens is 278 g/mol. The number of nitrogens with one attached hydrogen (secondary N) is 1. The normalized spacial score (nSPS) is 30.8. The molecule has 4 nitrogen and oxygen atoms in total. The highest BCUT2D eigenvalue weighted by atomic mass is 16.5. The third kappa shape index (κ3) is 3.33. The zero-order chi connectivity index (χ0) is 15.5. The lowest BCUT2D eigenvalue weighted by Crippen LogP contribution is -2.38. The molecule has 0 spiro atoms. The third-order valence-electron chi connectivity index (χ3n) is 4.98. The van der Waals surface area contributed by atoms with Gasteiger partial charge >= 0.3 is 0 Å². The molecule has 1 aromatic carbocycles. The molecule has 2 N–H and O–H groups in total. The lowest BCUT2D eigenvalue weighted by atomic mass is 9.88. The second-order valence-electron chi connectivity index (χ2n) is 6.63. The summed E-state index contributed by atoms with van der Waals surface area (Å²) in [5, 5.41) is 13.1. The zero-order valence-electron chi connectivity index (χ0n) is 13.1. The Hall–Kier alpha value is -1.39. The summed E-state index contributed by atoms with van der Waals surface area (Å²) in [5.74, 6) is 0.387. The smallest absolute Gasteiger partial charge is 0.246 e. The molecule has 2 aliphatic rings. The maximum atomic E-state index is 12.2. The van der Waals surface area contributed by atoms with Gasteiger partial charge in [-0.2, -0.15) is 0 Å². The van der Waals surface area contributed by atoms with Crippen molar-refractivity contribution < 1.29 is 14.6 Å². The number of carbonyl (C=O) groups is 1. The van der Waals surface area contributed by atoms with Crippen LogP contribution in [0.3, 0.4) is 0 Å². The summed E-state index contributed by atoms with van der Waals surface area (Å²) >= 11 is 0. The highest BCUT2D eigenvalue weighted by Crippen LogP contribution is 2.31. The number of hydrogen-bond donors (Lipinski definition) is 2. The van der Waals surface area contributed by atoms with Gasteiger partial charge in [0.25, 0.3) is 0 Å². The van der Waals surface area contributed by atoms with E-state index in [1.807, 2.05) is 24.3 Å². The van der Waals surface area contributed by atoms with Crippen LogP contribution < -0.4 is 5.32 Å². The predicted molar refractivity (Wildman–Crippen MR) is 84.4 cm³/mol. The first-order valence-corrected chi connectivity index (χ1v) is 8.32. The van der Waals surface area contributed by atoms with Crippen LogP contribution in [0.2, 0.25) is 0 Å². The van der Waals surface area contributed by atoms with Gasteiger partial charge in [-0.3, -0.25) is 4.79 Å². The van der Waals surface area contributed by atoms with E-state index in [1.165, 1.54) is 19.3 Å². The maximum Gasteiger partial charge on any atom is 0.246 e. The minimum Gasteiger partial charge on any atom is -0.390 e. The van der Waals surface area contributed by atoms with Crippen molar-refractivity contribution in [3.8, 4) is 0 Å². The Morgan fingerprint density at radius 3 is 2.91 bits per heavy atom. The first-order valence-electron chi connectivity index (χ1n) is 8.32. The fourth-order valence-electron chi connectivity index (χ4n) is 3.68. The van der Waals surface area contributed by atoms with E-state index in [9.17, 15) is 9.90 Å². The second-order valence-corrected chi connectivity index (χ2v) is 6.63. The molecule has 3 rings (SSSR count). The van der Waals surface area contributed by atoms with Gasteiger partial charge in [-0.25, -0.2) is 0 Å². The monoisotopic (exact) mass is 303 g/mol. The van der Waals surface area contributed by atoms with Crippen molar-refractivity contribution in [2.45, 2.75) is 57.3 Å². The van der Waals surface area contributed by atoms with Gasteiger partial charge in [-0.05, 0) is 29.9 Å². The van der Waals surface area contributed by atoms with Gasteiger partial charge in [0.05, 0.1) is 18.2 Å². The van der Waals surface area contributed by atoms with Crippen molar-refractivity contribution in [2.24, 2.45) is 5.92 Å². The van der Waals surface area contributed by atoms with E-state index in [-0.39, 0.29) is 24.7 Å². The van der Waals surface area contributed by atoms with E-state index in [0.717, 1.165) is 17.5 Å². The molecule has 120 valence electrons. The number of rotatable bonds is 4. The van der Waals surface area contributed by atoms with E-state index in [4.69, 9.17) is 4.74 Å². The van der Waals surface area contributed by atoms with Crippen LogP contribution in [-0.4, -0.2) is 29.8 Å². The van der Waals surface area contributed by atoms with Crippen LogP contribution >= 0.6 is 0 Å². The minimum absolute atomic E-state index is 0.0837. The van der Waals surface area contributed by atoms with Crippen molar-refractivity contribution >= 4 is 5.91 Å². The van der Waals surface area contributed by atoms with Crippen LogP contribution in [0.15, 0.2) is 24.3 Å². The van der Waals surface area contributed by atoms with Gasteiger partial charge in [-0.15, -0.1) is 0 Å². The fraction of sp³-hybridized carbons (Fsp3) is 0.611. The summed E-state index contributed by atoms with van der Waals surface area (Å²) in [6.45, 7) is 2.28. The van der Waals surface area contributed by atoms with Crippen LogP contribution in [0.5, 0.6) is 0 Å². The number of hydrogen-bond acceptors (Lipinski definition) is 3. The molecule has 0 bridgehead atoms. The molecule has 1 amide bonds. The highest BCUT2D eigenvalue weighted by Gasteiger charge is 2.32. The first-order chi connectivity index (χ1) is 10.6. The van der Waals surface area contributed by atoms with E-state index in [2.05, 4.69) is 12.2 Å². The predicted octanol–water partition coefficient (Wildman–Crippen LogP) is 2.36. The van der Waals surface area contributed by atoms with Crippen molar-refractivity contribution in [1.29, 1.82) is 0 Å². The number of aliphatic hydroxyl groups excluding tert-OH is 1.